The summed E-state index contributed by atoms with van der Waals surface area (Å²) in [4.78, 5) is 0. The summed E-state index contributed by atoms with van der Waals surface area (Å²) in [5.41, 5.74) is 3.39. The third-order valence-electron chi connectivity index (χ3n) is 2.93. The molecule has 0 fully saturated rings. The molecule has 5 heteroatoms. The van der Waals surface area contributed by atoms with Crippen molar-refractivity contribution in [3.05, 3.63) is 41.2 Å². The van der Waals surface area contributed by atoms with Gasteiger partial charge < -0.3 is 4.74 Å². The third-order valence-corrected chi connectivity index (χ3v) is 3.12. The molecule has 0 unspecified atom stereocenters. The van der Waals surface area contributed by atoms with Crippen LogP contribution in [0.2, 0.25) is 0 Å². The first-order chi connectivity index (χ1) is 9.67. The predicted molar refractivity (Wildman–Crippen MR) is 80.5 cm³/mol. The summed E-state index contributed by atoms with van der Waals surface area (Å²) >= 11 is 5.67. The summed E-state index contributed by atoms with van der Waals surface area (Å²) in [5.74, 6) is 1.51. The zero-order valence-corrected chi connectivity index (χ0v) is 12.7. The molecule has 1 heterocycles. The molecule has 0 spiro atoms. The number of ether oxygens (including phenoxy) is 1. The van der Waals surface area contributed by atoms with E-state index in [1.54, 1.807) is 0 Å². The van der Waals surface area contributed by atoms with E-state index in [1.165, 1.54) is 11.1 Å². The third kappa shape index (κ3) is 4.53. The fraction of sp³-hybridized carbons (Fsp3) is 0.467. The summed E-state index contributed by atoms with van der Waals surface area (Å²) in [6, 6.07) is 6.25. The second-order valence-corrected chi connectivity index (χ2v) is 5.32. The fourth-order valence-electron chi connectivity index (χ4n) is 2.09. The van der Waals surface area contributed by atoms with E-state index in [-0.39, 0.29) is 0 Å². The van der Waals surface area contributed by atoms with Crippen molar-refractivity contribution < 1.29 is 4.74 Å². The number of hydrogen-bond acceptors (Lipinski definition) is 3. The quantitative estimate of drug-likeness (QED) is 0.581. The summed E-state index contributed by atoms with van der Waals surface area (Å²) < 4.78 is 7.60. The number of aromatic nitrogens is 3. The highest BCUT2D eigenvalue weighted by atomic mass is 35.5. The lowest BCUT2D eigenvalue weighted by atomic mass is 10.1. The highest BCUT2D eigenvalue weighted by Crippen LogP contribution is 2.16. The molecule has 1 aromatic heterocycles. The minimum Gasteiger partial charge on any atom is -0.494 e. The highest BCUT2D eigenvalue weighted by molar-refractivity contribution is 6.17. The van der Waals surface area contributed by atoms with Crippen molar-refractivity contribution in [1.82, 2.24) is 15.0 Å². The molecule has 4 nitrogen and oxygen atoms in total. The van der Waals surface area contributed by atoms with Crippen molar-refractivity contribution in [2.45, 2.75) is 33.2 Å². The van der Waals surface area contributed by atoms with Crippen molar-refractivity contribution in [1.29, 1.82) is 0 Å². The zero-order chi connectivity index (χ0) is 14.4. The fourth-order valence-corrected chi connectivity index (χ4v) is 2.29. The number of aryl methyl sites for hydroxylation is 4. The number of alkyl halides is 1. The van der Waals surface area contributed by atoms with E-state index >= 15 is 0 Å². The molecular weight excluding hydrogens is 274 g/mol. The van der Waals surface area contributed by atoms with Crippen LogP contribution in [-0.4, -0.2) is 27.5 Å². The zero-order valence-electron chi connectivity index (χ0n) is 12.0. The van der Waals surface area contributed by atoms with E-state index in [1.807, 2.05) is 10.9 Å². The van der Waals surface area contributed by atoms with Gasteiger partial charge in [0, 0.05) is 31.5 Å². The van der Waals surface area contributed by atoms with Crippen molar-refractivity contribution >= 4 is 11.6 Å². The highest BCUT2D eigenvalue weighted by Gasteiger charge is 2.01. The Morgan fingerprint density at radius 3 is 2.65 bits per heavy atom. The topological polar surface area (TPSA) is 39.9 Å². The van der Waals surface area contributed by atoms with Gasteiger partial charge in [-0.3, -0.25) is 4.68 Å². The first kappa shape index (κ1) is 14.9. The van der Waals surface area contributed by atoms with Crippen LogP contribution in [-0.2, 0) is 13.0 Å². The van der Waals surface area contributed by atoms with Crippen LogP contribution in [0.1, 0.15) is 23.2 Å². The Balaban J connectivity index is 1.75. The number of halogens is 1. The van der Waals surface area contributed by atoms with Crippen LogP contribution in [0, 0.1) is 13.8 Å². The molecule has 0 radical (unpaired) electrons. The summed E-state index contributed by atoms with van der Waals surface area (Å²) in [7, 11) is 0. The van der Waals surface area contributed by atoms with Crippen LogP contribution in [0.5, 0.6) is 5.75 Å². The lowest BCUT2D eigenvalue weighted by molar-refractivity contribution is 0.297. The SMILES string of the molecule is Cc1cc(C)cc(OCCCn2cc(CCCl)nn2)c1. The molecule has 0 aliphatic rings. The molecule has 0 saturated carbocycles. The monoisotopic (exact) mass is 293 g/mol. The Labute approximate surface area is 124 Å². The van der Waals surface area contributed by atoms with Gasteiger partial charge in [-0.1, -0.05) is 11.3 Å². The van der Waals surface area contributed by atoms with Crippen LogP contribution >= 0.6 is 11.6 Å². The number of benzene rings is 1. The molecule has 0 bridgehead atoms. The first-order valence-electron chi connectivity index (χ1n) is 6.83. The molecule has 2 aromatic rings. The Bertz CT molecular complexity index is 534. The minimum atomic E-state index is 0.578. The minimum absolute atomic E-state index is 0.578. The van der Waals surface area contributed by atoms with Crippen molar-refractivity contribution in [2.24, 2.45) is 0 Å². The summed E-state index contributed by atoms with van der Waals surface area (Å²) in [6.07, 6.45) is 3.61. The van der Waals surface area contributed by atoms with E-state index in [2.05, 4.69) is 42.4 Å². The van der Waals surface area contributed by atoms with Crippen molar-refractivity contribution in [3.63, 3.8) is 0 Å². The normalized spacial score (nSPS) is 10.8. The van der Waals surface area contributed by atoms with Crippen LogP contribution in [0.25, 0.3) is 0 Å². The maximum Gasteiger partial charge on any atom is 0.119 e. The van der Waals surface area contributed by atoms with Crippen molar-refractivity contribution in [3.8, 4) is 5.75 Å². The van der Waals surface area contributed by atoms with Crippen LogP contribution in [0.15, 0.2) is 24.4 Å². The molecule has 0 saturated heterocycles. The van der Waals surface area contributed by atoms with E-state index in [0.717, 1.165) is 30.8 Å². The van der Waals surface area contributed by atoms with Gasteiger partial charge in [0.25, 0.3) is 0 Å². The molecule has 108 valence electrons. The van der Waals surface area contributed by atoms with E-state index in [0.29, 0.717) is 12.5 Å². The Morgan fingerprint density at radius 1 is 1.20 bits per heavy atom. The number of hydrogen-bond donors (Lipinski definition) is 0. The van der Waals surface area contributed by atoms with Gasteiger partial charge in [0.1, 0.15) is 5.75 Å². The Morgan fingerprint density at radius 2 is 1.95 bits per heavy atom. The van der Waals surface area contributed by atoms with Gasteiger partial charge in [0.05, 0.1) is 12.3 Å². The van der Waals surface area contributed by atoms with Gasteiger partial charge in [-0.2, -0.15) is 0 Å². The van der Waals surface area contributed by atoms with Gasteiger partial charge in [-0.15, -0.1) is 16.7 Å². The van der Waals surface area contributed by atoms with Gasteiger partial charge in [-0.05, 0) is 37.1 Å². The average Bonchev–Trinajstić information content (AvgIpc) is 2.82. The maximum atomic E-state index is 5.76. The standard InChI is InChI=1S/C15H20ClN3O/c1-12-8-13(2)10-15(9-12)20-7-3-6-19-11-14(4-5-16)17-18-19/h8-11H,3-7H2,1-2H3. The Hall–Kier alpha value is -1.55. The van der Waals surface area contributed by atoms with E-state index in [4.69, 9.17) is 16.3 Å². The van der Waals surface area contributed by atoms with E-state index < -0.39 is 0 Å². The molecule has 2 rings (SSSR count). The lowest BCUT2D eigenvalue weighted by Crippen LogP contribution is -2.05. The predicted octanol–water partition coefficient (Wildman–Crippen LogP) is 3.15. The van der Waals surface area contributed by atoms with Gasteiger partial charge in [0.15, 0.2) is 0 Å². The molecule has 1 aromatic carbocycles. The molecular formula is C15H20ClN3O. The van der Waals surface area contributed by atoms with E-state index in [9.17, 15) is 0 Å². The number of nitrogens with zero attached hydrogens (tertiary/aromatic N) is 3. The molecule has 20 heavy (non-hydrogen) atoms. The van der Waals surface area contributed by atoms with Gasteiger partial charge >= 0.3 is 0 Å². The largest absolute Gasteiger partial charge is 0.494 e. The van der Waals surface area contributed by atoms with Crippen molar-refractivity contribution in [2.75, 3.05) is 12.5 Å². The lowest BCUT2D eigenvalue weighted by Gasteiger charge is -2.08. The molecule has 0 aliphatic carbocycles. The molecule has 0 N–H and O–H groups in total. The molecule has 0 aliphatic heterocycles. The first-order valence-corrected chi connectivity index (χ1v) is 7.37. The second kappa shape index (κ2) is 7.29. The number of rotatable bonds is 7. The van der Waals surface area contributed by atoms with Gasteiger partial charge in [-0.25, -0.2) is 0 Å². The Kier molecular flexibility index (Phi) is 5.41. The molecule has 0 atom stereocenters. The maximum absolute atomic E-state index is 5.76. The smallest absolute Gasteiger partial charge is 0.119 e. The van der Waals surface area contributed by atoms with Crippen LogP contribution < -0.4 is 4.74 Å². The van der Waals surface area contributed by atoms with Gasteiger partial charge in [0.2, 0.25) is 0 Å². The summed E-state index contributed by atoms with van der Waals surface area (Å²) in [5, 5.41) is 8.11. The van der Waals surface area contributed by atoms with Crippen LogP contribution in [0.4, 0.5) is 0 Å². The average molecular weight is 294 g/mol. The van der Waals surface area contributed by atoms with Crippen LogP contribution in [0.3, 0.4) is 0 Å². The second-order valence-electron chi connectivity index (χ2n) is 4.94. The molecule has 0 amide bonds. The summed E-state index contributed by atoms with van der Waals surface area (Å²) in [6.45, 7) is 5.63.